The van der Waals surface area contributed by atoms with Crippen LogP contribution in [0.1, 0.15) is 38.5 Å². The van der Waals surface area contributed by atoms with Crippen LogP contribution in [0.4, 0.5) is 10.1 Å². The molecule has 1 heterocycles. The molecular formula is C23H29FN2O3. The van der Waals surface area contributed by atoms with E-state index in [-0.39, 0.29) is 29.7 Å². The number of hydrogen-bond donors (Lipinski definition) is 0. The Labute approximate surface area is 171 Å². The normalized spacial score (nSPS) is 33.1. The molecule has 0 radical (unpaired) electrons. The molecule has 4 saturated carbocycles. The average molecular weight is 400 g/mol. The number of esters is 1. The minimum absolute atomic E-state index is 0.142. The van der Waals surface area contributed by atoms with Crippen molar-refractivity contribution in [3.8, 4) is 0 Å². The standard InChI is InChI=1S/C23H29FN2O3/c24-19-3-1-2-4-20(19)25-5-7-26(8-6-25)21(27)15-29-22(28)23-12-16-9-17(13-23)11-18(10-16)14-23/h1-4,16-18H,5-15H2. The Morgan fingerprint density at radius 2 is 1.55 bits per heavy atom. The third-order valence-electron chi connectivity index (χ3n) is 7.62. The van der Waals surface area contributed by atoms with E-state index in [9.17, 15) is 14.0 Å². The summed E-state index contributed by atoms with van der Waals surface area (Å²) in [6.45, 7) is 2.02. The third-order valence-corrected chi connectivity index (χ3v) is 7.62. The summed E-state index contributed by atoms with van der Waals surface area (Å²) in [5, 5.41) is 0. The second kappa shape index (κ2) is 7.29. The molecule has 1 aromatic rings. The molecule has 5 fully saturated rings. The Morgan fingerprint density at radius 3 is 2.14 bits per heavy atom. The molecule has 0 unspecified atom stereocenters. The van der Waals surface area contributed by atoms with Crippen LogP contribution in [0.25, 0.3) is 0 Å². The van der Waals surface area contributed by atoms with Gasteiger partial charge < -0.3 is 14.5 Å². The molecule has 156 valence electrons. The molecule has 4 aliphatic carbocycles. The van der Waals surface area contributed by atoms with Gasteiger partial charge in [0.05, 0.1) is 11.1 Å². The summed E-state index contributed by atoms with van der Waals surface area (Å²) in [6.07, 6.45) is 6.68. The van der Waals surface area contributed by atoms with Crippen LogP contribution in [-0.2, 0) is 14.3 Å². The Kier molecular flexibility index (Phi) is 4.75. The smallest absolute Gasteiger partial charge is 0.312 e. The second-order valence-electron chi connectivity index (χ2n) is 9.59. The lowest BCUT2D eigenvalue weighted by Gasteiger charge is -2.55. The molecule has 6 heteroatoms. The molecular weight excluding hydrogens is 371 g/mol. The summed E-state index contributed by atoms with van der Waals surface area (Å²) in [7, 11) is 0. The van der Waals surface area contributed by atoms with Crippen LogP contribution in [0.3, 0.4) is 0 Å². The van der Waals surface area contributed by atoms with Crippen molar-refractivity contribution in [1.82, 2.24) is 4.90 Å². The lowest BCUT2D eigenvalue weighted by atomic mass is 9.49. The van der Waals surface area contributed by atoms with E-state index in [2.05, 4.69) is 0 Å². The van der Waals surface area contributed by atoms with Crippen molar-refractivity contribution in [2.24, 2.45) is 23.2 Å². The number of hydrogen-bond acceptors (Lipinski definition) is 4. The molecule has 4 bridgehead atoms. The van der Waals surface area contributed by atoms with Crippen LogP contribution in [0.15, 0.2) is 24.3 Å². The summed E-state index contributed by atoms with van der Waals surface area (Å²) >= 11 is 0. The number of amides is 1. The lowest BCUT2D eigenvalue weighted by Crippen LogP contribution is -2.52. The third kappa shape index (κ3) is 3.51. The summed E-state index contributed by atoms with van der Waals surface area (Å²) in [4.78, 5) is 29.2. The zero-order valence-corrected chi connectivity index (χ0v) is 16.8. The number of ether oxygens (including phenoxy) is 1. The van der Waals surface area contributed by atoms with E-state index < -0.39 is 0 Å². The highest BCUT2D eigenvalue weighted by atomic mass is 19.1. The molecule has 0 atom stereocenters. The lowest BCUT2D eigenvalue weighted by molar-refractivity contribution is -0.174. The molecule has 1 amide bonds. The van der Waals surface area contributed by atoms with Gasteiger partial charge in [-0.15, -0.1) is 0 Å². The highest BCUT2D eigenvalue weighted by Crippen LogP contribution is 2.60. The van der Waals surface area contributed by atoms with Crippen LogP contribution >= 0.6 is 0 Å². The Hall–Kier alpha value is -2.11. The largest absolute Gasteiger partial charge is 0.455 e. The predicted octanol–water partition coefficient (Wildman–Crippen LogP) is 3.23. The predicted molar refractivity (Wildman–Crippen MR) is 107 cm³/mol. The van der Waals surface area contributed by atoms with Crippen molar-refractivity contribution < 1.29 is 18.7 Å². The molecule has 0 N–H and O–H groups in total. The Bertz CT molecular complexity index is 768. The number of para-hydroxylation sites is 1. The van der Waals surface area contributed by atoms with E-state index in [0.29, 0.717) is 49.6 Å². The zero-order valence-electron chi connectivity index (χ0n) is 16.8. The first-order chi connectivity index (χ1) is 14.0. The number of anilines is 1. The minimum atomic E-state index is -0.321. The van der Waals surface area contributed by atoms with E-state index in [1.165, 1.54) is 25.3 Å². The monoisotopic (exact) mass is 400 g/mol. The minimum Gasteiger partial charge on any atom is -0.455 e. The van der Waals surface area contributed by atoms with Crippen molar-refractivity contribution in [1.29, 1.82) is 0 Å². The Morgan fingerprint density at radius 1 is 0.966 bits per heavy atom. The van der Waals surface area contributed by atoms with E-state index in [0.717, 1.165) is 19.3 Å². The van der Waals surface area contributed by atoms with Gasteiger partial charge in [0.1, 0.15) is 5.82 Å². The van der Waals surface area contributed by atoms with Gasteiger partial charge in [-0.3, -0.25) is 9.59 Å². The second-order valence-corrected chi connectivity index (χ2v) is 9.59. The fraction of sp³-hybridized carbons (Fsp3) is 0.652. The van der Waals surface area contributed by atoms with E-state index in [1.54, 1.807) is 17.0 Å². The van der Waals surface area contributed by atoms with Gasteiger partial charge in [0, 0.05) is 26.2 Å². The molecule has 29 heavy (non-hydrogen) atoms. The van der Waals surface area contributed by atoms with E-state index >= 15 is 0 Å². The van der Waals surface area contributed by atoms with Crippen molar-refractivity contribution in [2.45, 2.75) is 38.5 Å². The zero-order chi connectivity index (χ0) is 20.0. The Balaban J connectivity index is 1.13. The maximum atomic E-state index is 14.0. The van der Waals surface area contributed by atoms with E-state index in [4.69, 9.17) is 4.74 Å². The highest BCUT2D eigenvalue weighted by Gasteiger charge is 2.55. The van der Waals surface area contributed by atoms with E-state index in [1.807, 2.05) is 11.0 Å². The summed E-state index contributed by atoms with van der Waals surface area (Å²) in [6, 6.07) is 6.72. The first kappa shape index (κ1) is 18.9. The van der Waals surface area contributed by atoms with Gasteiger partial charge in [-0.1, -0.05) is 12.1 Å². The highest BCUT2D eigenvalue weighted by molar-refractivity contribution is 5.83. The topological polar surface area (TPSA) is 49.9 Å². The van der Waals surface area contributed by atoms with Crippen molar-refractivity contribution in [3.63, 3.8) is 0 Å². The van der Waals surface area contributed by atoms with Crippen molar-refractivity contribution >= 4 is 17.6 Å². The van der Waals surface area contributed by atoms with Crippen molar-refractivity contribution in [2.75, 3.05) is 37.7 Å². The molecule has 5 aliphatic rings. The number of benzene rings is 1. The molecule has 6 rings (SSSR count). The molecule has 0 spiro atoms. The van der Waals surface area contributed by atoms with Crippen LogP contribution in [-0.4, -0.2) is 49.6 Å². The van der Waals surface area contributed by atoms with Crippen molar-refractivity contribution in [3.05, 3.63) is 30.1 Å². The van der Waals surface area contributed by atoms with Gasteiger partial charge in [-0.25, -0.2) is 4.39 Å². The number of carbonyl (C=O) groups is 2. The number of halogens is 1. The van der Waals surface area contributed by atoms with Gasteiger partial charge in [0.15, 0.2) is 6.61 Å². The van der Waals surface area contributed by atoms with Gasteiger partial charge >= 0.3 is 5.97 Å². The number of carbonyl (C=O) groups excluding carboxylic acids is 2. The SMILES string of the molecule is O=C(COC(=O)C12CC3CC(CC(C3)C1)C2)N1CCN(c2ccccc2F)CC1. The molecule has 1 saturated heterocycles. The first-order valence-corrected chi connectivity index (χ1v) is 11.0. The fourth-order valence-corrected chi connectivity index (χ4v) is 6.64. The summed E-state index contributed by atoms with van der Waals surface area (Å²) in [5.41, 5.74) is 0.256. The van der Waals surface area contributed by atoms with Gasteiger partial charge in [0.2, 0.25) is 0 Å². The quantitative estimate of drug-likeness (QED) is 0.728. The maximum Gasteiger partial charge on any atom is 0.312 e. The summed E-state index contributed by atoms with van der Waals surface area (Å²) in [5.74, 6) is 1.51. The van der Waals surface area contributed by atoms with Gasteiger partial charge in [-0.2, -0.15) is 0 Å². The first-order valence-electron chi connectivity index (χ1n) is 11.0. The molecule has 1 aliphatic heterocycles. The van der Waals surface area contributed by atoms with Crippen LogP contribution < -0.4 is 4.90 Å². The maximum absolute atomic E-state index is 14.0. The van der Waals surface area contributed by atoms with Crippen LogP contribution in [0, 0.1) is 29.0 Å². The number of nitrogens with zero attached hydrogens (tertiary/aromatic N) is 2. The molecule has 1 aromatic carbocycles. The van der Waals surface area contributed by atoms with Gasteiger partial charge in [-0.05, 0) is 68.4 Å². The number of piperazine rings is 1. The van der Waals surface area contributed by atoms with Crippen LogP contribution in [0.5, 0.6) is 0 Å². The fourth-order valence-electron chi connectivity index (χ4n) is 6.64. The molecule has 5 nitrogen and oxygen atoms in total. The number of rotatable bonds is 4. The van der Waals surface area contributed by atoms with Crippen LogP contribution in [0.2, 0.25) is 0 Å². The van der Waals surface area contributed by atoms with Gasteiger partial charge in [0.25, 0.3) is 5.91 Å². The summed E-state index contributed by atoms with van der Waals surface area (Å²) < 4.78 is 19.5. The molecule has 0 aromatic heterocycles. The average Bonchev–Trinajstić information content (AvgIpc) is 2.71.